The number of aromatic nitrogens is 3. The molecular weight excluding hydrogens is 408 g/mol. The molecule has 0 bridgehead atoms. The minimum absolute atomic E-state index is 0.214. The predicted octanol–water partition coefficient (Wildman–Crippen LogP) is 1.98. The van der Waals surface area contributed by atoms with Crippen LogP contribution in [0.2, 0.25) is 0 Å². The molecule has 32 heavy (non-hydrogen) atoms. The maximum absolute atomic E-state index is 12.6. The molecule has 2 aliphatic rings. The number of H-pyrrole nitrogens is 1. The van der Waals surface area contributed by atoms with Gasteiger partial charge in [-0.3, -0.25) is 4.79 Å². The van der Waals surface area contributed by atoms with Gasteiger partial charge >= 0.3 is 0 Å². The van der Waals surface area contributed by atoms with E-state index >= 15 is 0 Å². The van der Waals surface area contributed by atoms with Gasteiger partial charge in [-0.2, -0.15) is 0 Å². The highest BCUT2D eigenvalue weighted by Gasteiger charge is 2.21. The van der Waals surface area contributed by atoms with Crippen LogP contribution in [0.4, 0.5) is 23.0 Å². The Kier molecular flexibility index (Phi) is 5.67. The molecule has 0 radical (unpaired) electrons. The van der Waals surface area contributed by atoms with E-state index in [-0.39, 0.29) is 17.8 Å². The van der Waals surface area contributed by atoms with Crippen LogP contribution in [-0.4, -0.2) is 63.6 Å². The van der Waals surface area contributed by atoms with Gasteiger partial charge < -0.3 is 30.3 Å². The molecule has 9 nitrogen and oxygen atoms in total. The molecule has 5 heterocycles. The van der Waals surface area contributed by atoms with Gasteiger partial charge in [0, 0.05) is 38.4 Å². The minimum Gasteiger partial charge on any atom is -0.393 e. The van der Waals surface area contributed by atoms with Crippen molar-refractivity contribution < 1.29 is 10.2 Å². The standard InChI is InChI=1S/C23H28N6O3/c30-16-6-10-28(11-7-16)15-3-4-20(25-13-15)26-19-12-21(29-9-1-2-17(31)14-29)27-18-5-8-24-23(32)22(18)19/h3-5,8,12-13,16-17,30-31H,1-2,6-7,9-11,14H2,(H,24,32)(H,25,26,27)/t17-/m1/s1. The van der Waals surface area contributed by atoms with Crippen LogP contribution in [0.3, 0.4) is 0 Å². The molecule has 2 saturated heterocycles. The molecule has 0 spiro atoms. The zero-order valence-electron chi connectivity index (χ0n) is 17.9. The van der Waals surface area contributed by atoms with Crippen molar-refractivity contribution in [3.63, 3.8) is 0 Å². The van der Waals surface area contributed by atoms with Crippen molar-refractivity contribution in [2.75, 3.05) is 41.3 Å². The van der Waals surface area contributed by atoms with Crippen molar-refractivity contribution in [2.45, 2.75) is 37.9 Å². The molecule has 4 N–H and O–H groups in total. The average molecular weight is 437 g/mol. The Morgan fingerprint density at radius 2 is 1.88 bits per heavy atom. The molecule has 3 aromatic heterocycles. The number of nitrogens with one attached hydrogen (secondary N) is 2. The lowest BCUT2D eigenvalue weighted by Gasteiger charge is -2.31. The lowest BCUT2D eigenvalue weighted by Crippen LogP contribution is -2.38. The number of anilines is 4. The minimum atomic E-state index is -0.373. The van der Waals surface area contributed by atoms with E-state index in [0.29, 0.717) is 29.0 Å². The zero-order chi connectivity index (χ0) is 22.1. The van der Waals surface area contributed by atoms with E-state index in [4.69, 9.17) is 0 Å². The number of pyridine rings is 3. The number of nitrogens with zero attached hydrogens (tertiary/aromatic N) is 4. The van der Waals surface area contributed by atoms with E-state index in [0.717, 1.165) is 56.8 Å². The van der Waals surface area contributed by atoms with E-state index < -0.39 is 0 Å². The number of aliphatic hydroxyl groups is 2. The predicted molar refractivity (Wildman–Crippen MR) is 125 cm³/mol. The maximum atomic E-state index is 12.6. The smallest absolute Gasteiger partial charge is 0.259 e. The molecule has 3 aromatic rings. The summed E-state index contributed by atoms with van der Waals surface area (Å²) in [7, 11) is 0. The lowest BCUT2D eigenvalue weighted by atomic mass is 10.1. The van der Waals surface area contributed by atoms with Crippen LogP contribution in [0.1, 0.15) is 25.7 Å². The van der Waals surface area contributed by atoms with Crippen LogP contribution in [0, 0.1) is 0 Å². The van der Waals surface area contributed by atoms with Crippen molar-refractivity contribution >= 4 is 33.9 Å². The number of rotatable bonds is 4. The molecule has 2 fully saturated rings. The van der Waals surface area contributed by atoms with Crippen LogP contribution >= 0.6 is 0 Å². The largest absolute Gasteiger partial charge is 0.393 e. The molecule has 168 valence electrons. The SMILES string of the molecule is O=c1[nH]ccc2nc(N3CCC[C@@H](O)C3)cc(Nc3ccc(N4CCC(O)CC4)cn3)c12. The van der Waals surface area contributed by atoms with Gasteiger partial charge in [0.25, 0.3) is 5.56 Å². The molecule has 0 unspecified atom stereocenters. The second-order valence-electron chi connectivity index (χ2n) is 8.58. The van der Waals surface area contributed by atoms with Crippen LogP contribution in [0.25, 0.3) is 10.9 Å². The zero-order valence-corrected chi connectivity index (χ0v) is 17.9. The van der Waals surface area contributed by atoms with E-state index in [1.807, 2.05) is 24.4 Å². The van der Waals surface area contributed by atoms with Gasteiger partial charge in [0.2, 0.25) is 0 Å². The summed E-state index contributed by atoms with van der Waals surface area (Å²) in [6.07, 6.45) is 6.04. The topological polar surface area (TPSA) is 118 Å². The van der Waals surface area contributed by atoms with E-state index in [9.17, 15) is 15.0 Å². The number of piperidine rings is 2. The summed E-state index contributed by atoms with van der Waals surface area (Å²) in [5.41, 5.74) is 2.03. The van der Waals surface area contributed by atoms with Crippen LogP contribution in [-0.2, 0) is 0 Å². The second kappa shape index (κ2) is 8.76. The quantitative estimate of drug-likeness (QED) is 0.491. The first kappa shape index (κ1) is 20.7. The molecule has 1 atom stereocenters. The van der Waals surface area contributed by atoms with E-state index in [2.05, 4.69) is 30.1 Å². The molecule has 5 rings (SSSR count). The number of aromatic amines is 1. The van der Waals surface area contributed by atoms with Gasteiger partial charge in [-0.15, -0.1) is 0 Å². The molecule has 0 aliphatic carbocycles. The number of aliphatic hydroxyl groups excluding tert-OH is 2. The average Bonchev–Trinajstić information content (AvgIpc) is 2.80. The highest BCUT2D eigenvalue weighted by Crippen LogP contribution is 2.29. The molecule has 0 saturated carbocycles. The van der Waals surface area contributed by atoms with Crippen LogP contribution in [0.5, 0.6) is 0 Å². The molecule has 0 aromatic carbocycles. The highest BCUT2D eigenvalue weighted by molar-refractivity contribution is 5.93. The van der Waals surface area contributed by atoms with Crippen LogP contribution in [0.15, 0.2) is 41.5 Å². The Morgan fingerprint density at radius 3 is 2.62 bits per heavy atom. The van der Waals surface area contributed by atoms with Crippen molar-refractivity contribution in [1.82, 2.24) is 15.0 Å². The first-order valence-corrected chi connectivity index (χ1v) is 11.2. The molecule has 2 aliphatic heterocycles. The van der Waals surface area contributed by atoms with E-state index in [1.54, 1.807) is 12.3 Å². The Morgan fingerprint density at radius 1 is 1.03 bits per heavy atom. The Labute approximate surface area is 185 Å². The second-order valence-corrected chi connectivity index (χ2v) is 8.58. The fourth-order valence-electron chi connectivity index (χ4n) is 4.51. The number of fused-ring (bicyclic) bond motifs is 1. The third kappa shape index (κ3) is 4.26. The van der Waals surface area contributed by atoms with Crippen molar-refractivity contribution in [1.29, 1.82) is 0 Å². The van der Waals surface area contributed by atoms with Crippen molar-refractivity contribution in [2.24, 2.45) is 0 Å². The lowest BCUT2D eigenvalue weighted by molar-refractivity contribution is 0.145. The summed E-state index contributed by atoms with van der Waals surface area (Å²) < 4.78 is 0. The number of β-amino-alcohol motifs (C(OH)–C–C–N with tert-alkyl or cyclic N) is 1. The number of hydrogen-bond acceptors (Lipinski definition) is 8. The Balaban J connectivity index is 1.44. The van der Waals surface area contributed by atoms with Crippen molar-refractivity contribution in [3.8, 4) is 0 Å². The monoisotopic (exact) mass is 436 g/mol. The molecule has 9 heteroatoms. The fraction of sp³-hybridized carbons (Fsp3) is 0.435. The number of hydrogen-bond donors (Lipinski definition) is 4. The van der Waals surface area contributed by atoms with Gasteiger partial charge in [0.15, 0.2) is 0 Å². The van der Waals surface area contributed by atoms with Gasteiger partial charge in [-0.25, -0.2) is 9.97 Å². The normalized spacial score (nSPS) is 20.0. The Hall–Kier alpha value is -3.17. The summed E-state index contributed by atoms with van der Waals surface area (Å²) in [4.78, 5) is 28.8. The molecule has 0 amide bonds. The van der Waals surface area contributed by atoms with Gasteiger partial charge in [0.05, 0.1) is 40.7 Å². The molecular formula is C23H28N6O3. The third-order valence-corrected chi connectivity index (χ3v) is 6.28. The maximum Gasteiger partial charge on any atom is 0.259 e. The fourth-order valence-corrected chi connectivity index (χ4v) is 4.51. The van der Waals surface area contributed by atoms with Crippen LogP contribution < -0.4 is 20.7 Å². The summed E-state index contributed by atoms with van der Waals surface area (Å²) in [5.74, 6) is 1.36. The summed E-state index contributed by atoms with van der Waals surface area (Å²) in [6.45, 7) is 2.96. The van der Waals surface area contributed by atoms with E-state index in [1.165, 1.54) is 0 Å². The summed E-state index contributed by atoms with van der Waals surface area (Å²) in [5, 5.41) is 23.6. The summed E-state index contributed by atoms with van der Waals surface area (Å²) in [6, 6.07) is 7.54. The summed E-state index contributed by atoms with van der Waals surface area (Å²) >= 11 is 0. The van der Waals surface area contributed by atoms with Gasteiger partial charge in [0.1, 0.15) is 11.6 Å². The van der Waals surface area contributed by atoms with Gasteiger partial charge in [-0.05, 0) is 43.9 Å². The van der Waals surface area contributed by atoms with Crippen molar-refractivity contribution in [3.05, 3.63) is 47.0 Å². The first-order chi connectivity index (χ1) is 15.6. The Bertz CT molecular complexity index is 1140. The first-order valence-electron chi connectivity index (χ1n) is 11.2. The van der Waals surface area contributed by atoms with Gasteiger partial charge in [-0.1, -0.05) is 0 Å². The third-order valence-electron chi connectivity index (χ3n) is 6.28. The highest BCUT2D eigenvalue weighted by atomic mass is 16.3.